The molecule has 0 aromatic heterocycles. The molecule has 1 aromatic carbocycles. The van der Waals surface area contributed by atoms with Crippen molar-refractivity contribution in [2.75, 3.05) is 0 Å². The number of rotatable bonds is 3. The molecule has 0 heterocycles. The number of aryl methyl sites for hydroxylation is 1. The van der Waals surface area contributed by atoms with Crippen molar-refractivity contribution in [2.45, 2.75) is 19.4 Å². The van der Waals surface area contributed by atoms with Gasteiger partial charge in [-0.15, -0.1) is 6.58 Å². The summed E-state index contributed by atoms with van der Waals surface area (Å²) in [5.41, 5.74) is 1.56. The van der Waals surface area contributed by atoms with Crippen molar-refractivity contribution >= 4 is 0 Å². The molecule has 0 amide bonds. The number of hydrogen-bond acceptors (Lipinski definition) is 1. The fourth-order valence-electron chi connectivity index (χ4n) is 1.30. The van der Waals surface area contributed by atoms with E-state index in [9.17, 15) is 9.50 Å². The molecule has 0 fully saturated rings. The quantitative estimate of drug-likeness (QED) is 0.709. The second kappa shape index (κ2) is 4.19. The van der Waals surface area contributed by atoms with Gasteiger partial charge in [0.05, 0.1) is 6.10 Å². The maximum atomic E-state index is 12.8. The van der Waals surface area contributed by atoms with Gasteiger partial charge in [-0.1, -0.05) is 19.1 Å². The van der Waals surface area contributed by atoms with Gasteiger partial charge in [-0.2, -0.15) is 0 Å². The summed E-state index contributed by atoms with van der Waals surface area (Å²) in [6.07, 6.45) is 1.44. The van der Waals surface area contributed by atoms with Crippen molar-refractivity contribution < 1.29 is 9.50 Å². The first kappa shape index (κ1) is 9.93. The molecule has 1 rings (SSSR count). The molecule has 0 spiro atoms. The lowest BCUT2D eigenvalue weighted by Crippen LogP contribution is -1.99. The number of aliphatic hydroxyl groups excluding tert-OH is 1. The number of hydrogen-bond donors (Lipinski definition) is 1. The van der Waals surface area contributed by atoms with Crippen molar-refractivity contribution in [1.29, 1.82) is 0 Å². The van der Waals surface area contributed by atoms with Crippen LogP contribution in [0.1, 0.15) is 24.2 Å². The van der Waals surface area contributed by atoms with Crippen LogP contribution in [0.25, 0.3) is 0 Å². The predicted octanol–water partition coefficient (Wildman–Crippen LogP) is 2.61. The SMILES string of the molecule is C=CC(O)c1ccc(F)cc1CC. The smallest absolute Gasteiger partial charge is 0.123 e. The second-order valence-corrected chi connectivity index (χ2v) is 2.88. The first-order valence-corrected chi connectivity index (χ1v) is 4.28. The van der Waals surface area contributed by atoms with Gasteiger partial charge in [-0.25, -0.2) is 4.39 Å². The van der Waals surface area contributed by atoms with Crippen LogP contribution < -0.4 is 0 Å². The summed E-state index contributed by atoms with van der Waals surface area (Å²) in [4.78, 5) is 0. The molecular formula is C11H13FO. The molecular weight excluding hydrogens is 167 g/mol. The summed E-state index contributed by atoms with van der Waals surface area (Å²) in [7, 11) is 0. The summed E-state index contributed by atoms with van der Waals surface area (Å²) < 4.78 is 12.8. The van der Waals surface area contributed by atoms with Crippen LogP contribution in [0, 0.1) is 5.82 Å². The molecule has 1 aromatic rings. The van der Waals surface area contributed by atoms with Gasteiger partial charge < -0.3 is 5.11 Å². The number of halogens is 1. The third-order valence-corrected chi connectivity index (χ3v) is 2.03. The van der Waals surface area contributed by atoms with E-state index in [0.29, 0.717) is 6.42 Å². The minimum Gasteiger partial charge on any atom is -0.384 e. The van der Waals surface area contributed by atoms with Crippen LogP contribution in [0.4, 0.5) is 4.39 Å². The first-order valence-electron chi connectivity index (χ1n) is 4.28. The molecule has 0 aliphatic carbocycles. The van der Waals surface area contributed by atoms with Crippen molar-refractivity contribution in [3.63, 3.8) is 0 Å². The largest absolute Gasteiger partial charge is 0.384 e. The van der Waals surface area contributed by atoms with Gasteiger partial charge in [-0.3, -0.25) is 0 Å². The highest BCUT2D eigenvalue weighted by molar-refractivity contribution is 5.31. The monoisotopic (exact) mass is 180 g/mol. The van der Waals surface area contributed by atoms with Crippen molar-refractivity contribution in [3.8, 4) is 0 Å². The summed E-state index contributed by atoms with van der Waals surface area (Å²) >= 11 is 0. The molecule has 1 atom stereocenters. The van der Waals surface area contributed by atoms with E-state index in [1.165, 1.54) is 18.2 Å². The lowest BCUT2D eigenvalue weighted by molar-refractivity contribution is 0.228. The zero-order valence-electron chi connectivity index (χ0n) is 7.63. The van der Waals surface area contributed by atoms with E-state index >= 15 is 0 Å². The lowest BCUT2D eigenvalue weighted by Gasteiger charge is -2.10. The molecule has 0 bridgehead atoms. The topological polar surface area (TPSA) is 20.2 Å². The van der Waals surface area contributed by atoms with Gasteiger partial charge in [-0.05, 0) is 29.7 Å². The normalized spacial score (nSPS) is 12.5. The van der Waals surface area contributed by atoms with Gasteiger partial charge in [0.1, 0.15) is 5.82 Å². The summed E-state index contributed by atoms with van der Waals surface area (Å²) in [5, 5.41) is 9.49. The van der Waals surface area contributed by atoms with E-state index in [1.807, 2.05) is 6.92 Å². The molecule has 1 N–H and O–H groups in total. The second-order valence-electron chi connectivity index (χ2n) is 2.88. The van der Waals surface area contributed by atoms with Gasteiger partial charge in [0.15, 0.2) is 0 Å². The van der Waals surface area contributed by atoms with Crippen LogP contribution in [-0.2, 0) is 6.42 Å². The molecule has 13 heavy (non-hydrogen) atoms. The molecule has 0 saturated heterocycles. The molecule has 2 heteroatoms. The minimum atomic E-state index is -0.699. The van der Waals surface area contributed by atoms with E-state index in [0.717, 1.165) is 11.1 Å². The highest BCUT2D eigenvalue weighted by atomic mass is 19.1. The highest BCUT2D eigenvalue weighted by Crippen LogP contribution is 2.20. The van der Waals surface area contributed by atoms with Crippen molar-refractivity contribution in [1.82, 2.24) is 0 Å². The van der Waals surface area contributed by atoms with Gasteiger partial charge in [0.2, 0.25) is 0 Å². The maximum absolute atomic E-state index is 12.8. The molecule has 0 aliphatic heterocycles. The van der Waals surface area contributed by atoms with E-state index in [1.54, 1.807) is 6.07 Å². The van der Waals surface area contributed by atoms with Crippen LogP contribution in [0.15, 0.2) is 30.9 Å². The summed E-state index contributed by atoms with van der Waals surface area (Å²) in [6, 6.07) is 4.39. The fraction of sp³-hybridized carbons (Fsp3) is 0.273. The van der Waals surface area contributed by atoms with Crippen LogP contribution >= 0.6 is 0 Å². The Morgan fingerprint density at radius 2 is 2.31 bits per heavy atom. The Balaban J connectivity index is 3.12. The third-order valence-electron chi connectivity index (χ3n) is 2.03. The van der Waals surface area contributed by atoms with Crippen LogP contribution in [0.5, 0.6) is 0 Å². The summed E-state index contributed by atoms with van der Waals surface area (Å²) in [6.45, 7) is 5.42. The Hall–Kier alpha value is -1.15. The average molecular weight is 180 g/mol. The number of benzene rings is 1. The molecule has 0 radical (unpaired) electrons. The van der Waals surface area contributed by atoms with E-state index in [-0.39, 0.29) is 5.82 Å². The zero-order chi connectivity index (χ0) is 9.84. The van der Waals surface area contributed by atoms with Crippen LogP contribution in [0.2, 0.25) is 0 Å². The van der Waals surface area contributed by atoms with Gasteiger partial charge >= 0.3 is 0 Å². The molecule has 1 nitrogen and oxygen atoms in total. The Kier molecular flexibility index (Phi) is 3.20. The molecule has 1 unspecified atom stereocenters. The number of aliphatic hydroxyl groups is 1. The maximum Gasteiger partial charge on any atom is 0.123 e. The fourth-order valence-corrected chi connectivity index (χ4v) is 1.30. The van der Waals surface area contributed by atoms with Gasteiger partial charge in [0.25, 0.3) is 0 Å². The lowest BCUT2D eigenvalue weighted by atomic mass is 10.0. The minimum absolute atomic E-state index is 0.267. The van der Waals surface area contributed by atoms with E-state index < -0.39 is 6.10 Å². The van der Waals surface area contributed by atoms with Crippen LogP contribution in [-0.4, -0.2) is 5.11 Å². The highest BCUT2D eigenvalue weighted by Gasteiger charge is 2.08. The van der Waals surface area contributed by atoms with E-state index in [4.69, 9.17) is 0 Å². The molecule has 0 aliphatic rings. The molecule has 0 saturated carbocycles. The summed E-state index contributed by atoms with van der Waals surface area (Å²) in [5.74, 6) is -0.267. The first-order chi connectivity index (χ1) is 6.19. The van der Waals surface area contributed by atoms with Gasteiger partial charge in [0, 0.05) is 0 Å². The Morgan fingerprint density at radius 1 is 1.62 bits per heavy atom. The average Bonchev–Trinajstić information content (AvgIpc) is 2.16. The standard InChI is InChI=1S/C11H13FO/c1-3-8-7-9(12)5-6-10(8)11(13)4-2/h4-7,11,13H,2-3H2,1H3. The van der Waals surface area contributed by atoms with E-state index in [2.05, 4.69) is 6.58 Å². The van der Waals surface area contributed by atoms with Crippen molar-refractivity contribution in [2.24, 2.45) is 0 Å². The third kappa shape index (κ3) is 2.16. The predicted molar refractivity (Wildman–Crippen MR) is 50.9 cm³/mol. The zero-order valence-corrected chi connectivity index (χ0v) is 7.63. The Morgan fingerprint density at radius 3 is 2.85 bits per heavy atom. The Bertz CT molecular complexity index is 307. The Labute approximate surface area is 77.5 Å². The molecule has 70 valence electrons. The van der Waals surface area contributed by atoms with Crippen LogP contribution in [0.3, 0.4) is 0 Å². The van der Waals surface area contributed by atoms with Crippen molar-refractivity contribution in [3.05, 3.63) is 47.8 Å².